The molecule has 0 aliphatic carbocycles. The van der Waals surface area contributed by atoms with Crippen LogP contribution in [0.1, 0.15) is 52.5 Å². The Balaban J connectivity index is 2.81. The maximum Gasteiger partial charge on any atom is 0.407 e. The van der Waals surface area contributed by atoms with Crippen molar-refractivity contribution in [2.24, 2.45) is 16.8 Å². The summed E-state index contributed by atoms with van der Waals surface area (Å²) < 4.78 is 5.04. The number of amides is 4. The molecule has 0 fully saturated rings. The molecule has 0 heterocycles. The van der Waals surface area contributed by atoms with Gasteiger partial charge in [0, 0.05) is 13.1 Å². The second kappa shape index (κ2) is 19.6. The maximum atomic E-state index is 13.0. The molecule has 240 valence electrons. The van der Waals surface area contributed by atoms with E-state index in [-0.39, 0.29) is 44.9 Å². The Kier molecular flexibility index (Phi) is 16.7. The average molecular weight is 609 g/mol. The standard InChI is InChI=1S/C27H44N8O8/c1-5-20(33-27(40)43-16-17(2)3)24(38)31-18(4)23(37)32-21(12-9-14-30-26(28)34-35(41)42)22(36)25(39)29-15-13-19-10-7-6-8-11-19/h6-8,10-11,17-18,20-22,36H,5,9,12-16H2,1-4H3,(H,29,39)(H,31,38)(H,32,37)(H,33,40)(H3,28,30,34)/t18-,20+,21-,22?/m0/s1. The van der Waals surface area contributed by atoms with Gasteiger partial charge in [-0.2, -0.15) is 0 Å². The fourth-order valence-corrected chi connectivity index (χ4v) is 3.70. The van der Waals surface area contributed by atoms with Gasteiger partial charge in [0.25, 0.3) is 11.9 Å². The van der Waals surface area contributed by atoms with Gasteiger partial charge in [-0.05, 0) is 44.1 Å². The zero-order valence-electron chi connectivity index (χ0n) is 25.0. The minimum Gasteiger partial charge on any atom is -0.449 e. The molecule has 1 rings (SSSR count). The number of hydrogen-bond acceptors (Lipinski definition) is 8. The highest BCUT2D eigenvalue weighted by Gasteiger charge is 2.30. The molecule has 4 atom stereocenters. The van der Waals surface area contributed by atoms with Crippen molar-refractivity contribution in [1.82, 2.24) is 26.6 Å². The first kappa shape index (κ1) is 36.6. The molecule has 0 saturated carbocycles. The van der Waals surface area contributed by atoms with Crippen LogP contribution in [-0.2, 0) is 25.5 Å². The van der Waals surface area contributed by atoms with Crippen LogP contribution in [0.25, 0.3) is 0 Å². The lowest BCUT2D eigenvalue weighted by molar-refractivity contribution is -0.485. The van der Waals surface area contributed by atoms with Crippen LogP contribution < -0.4 is 32.3 Å². The van der Waals surface area contributed by atoms with E-state index in [4.69, 9.17) is 10.5 Å². The molecule has 1 unspecified atom stereocenters. The van der Waals surface area contributed by atoms with Crippen LogP contribution >= 0.6 is 0 Å². The molecule has 0 spiro atoms. The first-order valence-corrected chi connectivity index (χ1v) is 14.1. The molecule has 8 N–H and O–H groups in total. The fourth-order valence-electron chi connectivity index (χ4n) is 3.70. The molecule has 16 heteroatoms. The van der Waals surface area contributed by atoms with Gasteiger partial charge in [0.1, 0.15) is 17.2 Å². The van der Waals surface area contributed by atoms with Crippen molar-refractivity contribution in [1.29, 1.82) is 0 Å². The smallest absolute Gasteiger partial charge is 0.407 e. The van der Waals surface area contributed by atoms with Gasteiger partial charge in [0.2, 0.25) is 11.8 Å². The zero-order chi connectivity index (χ0) is 32.4. The predicted molar refractivity (Wildman–Crippen MR) is 158 cm³/mol. The van der Waals surface area contributed by atoms with Crippen molar-refractivity contribution in [2.45, 2.75) is 77.6 Å². The Morgan fingerprint density at radius 2 is 1.67 bits per heavy atom. The van der Waals surface area contributed by atoms with E-state index in [0.717, 1.165) is 5.56 Å². The molecule has 0 radical (unpaired) electrons. The van der Waals surface area contributed by atoms with Crippen LogP contribution in [0.3, 0.4) is 0 Å². The summed E-state index contributed by atoms with van der Waals surface area (Å²) in [4.78, 5) is 60.9. The monoisotopic (exact) mass is 608 g/mol. The van der Waals surface area contributed by atoms with Crippen LogP contribution in [0, 0.1) is 16.0 Å². The van der Waals surface area contributed by atoms with Crippen molar-refractivity contribution in [3.63, 3.8) is 0 Å². The number of rotatable bonds is 18. The Bertz CT molecular complexity index is 1090. The van der Waals surface area contributed by atoms with E-state index in [2.05, 4.69) is 31.7 Å². The van der Waals surface area contributed by atoms with Crippen molar-refractivity contribution in [2.75, 3.05) is 19.7 Å². The van der Waals surface area contributed by atoms with Crippen molar-refractivity contribution >= 4 is 29.8 Å². The van der Waals surface area contributed by atoms with Gasteiger partial charge in [0.05, 0.1) is 12.6 Å². The number of guanidine groups is 1. The van der Waals surface area contributed by atoms with Gasteiger partial charge in [-0.3, -0.25) is 14.4 Å². The summed E-state index contributed by atoms with van der Waals surface area (Å²) >= 11 is 0. The van der Waals surface area contributed by atoms with Crippen LogP contribution in [0.15, 0.2) is 35.4 Å². The van der Waals surface area contributed by atoms with Gasteiger partial charge in [-0.25, -0.2) is 14.9 Å². The molecule has 1 aromatic carbocycles. The number of hydrazone groups is 1. The summed E-state index contributed by atoms with van der Waals surface area (Å²) in [6, 6.07) is 6.28. The molecule has 0 saturated heterocycles. The Hall–Kier alpha value is -4.47. The van der Waals surface area contributed by atoms with E-state index in [9.17, 15) is 34.4 Å². The van der Waals surface area contributed by atoms with Crippen LogP contribution in [0.2, 0.25) is 0 Å². The van der Waals surface area contributed by atoms with E-state index in [1.807, 2.05) is 44.2 Å². The number of benzene rings is 1. The van der Waals surface area contributed by atoms with E-state index in [1.54, 1.807) is 6.92 Å². The number of aliphatic hydroxyl groups excluding tert-OH is 1. The number of hydrogen-bond donors (Lipinski definition) is 7. The fraction of sp³-hybridized carbons (Fsp3) is 0.593. The van der Waals surface area contributed by atoms with Gasteiger partial charge in [-0.15, -0.1) is 0 Å². The van der Waals surface area contributed by atoms with Crippen LogP contribution in [-0.4, -0.2) is 83.8 Å². The molecule has 43 heavy (non-hydrogen) atoms. The average Bonchev–Trinajstić information content (AvgIpc) is 2.95. The summed E-state index contributed by atoms with van der Waals surface area (Å²) in [6.07, 6.45) is -1.35. The number of carbonyl (C=O) groups excluding carboxylic acids is 4. The first-order valence-electron chi connectivity index (χ1n) is 14.1. The summed E-state index contributed by atoms with van der Waals surface area (Å²) in [5, 5.41) is 35.9. The van der Waals surface area contributed by atoms with Gasteiger partial charge >= 0.3 is 6.09 Å². The number of alkyl carbamates (subject to hydrolysis) is 1. The highest BCUT2D eigenvalue weighted by atomic mass is 16.7. The molecule has 0 aliphatic rings. The number of aliphatic hydroxyl groups is 1. The van der Waals surface area contributed by atoms with E-state index in [0.29, 0.717) is 6.42 Å². The lowest BCUT2D eigenvalue weighted by Crippen LogP contribution is -2.57. The third-order valence-electron chi connectivity index (χ3n) is 6.04. The van der Waals surface area contributed by atoms with E-state index < -0.39 is 59.0 Å². The number of nitrogens with one attached hydrogen (secondary N) is 5. The maximum absolute atomic E-state index is 13.0. The van der Waals surface area contributed by atoms with Gasteiger partial charge in [-0.1, -0.05) is 51.1 Å². The van der Waals surface area contributed by atoms with Crippen LogP contribution in [0.5, 0.6) is 0 Å². The normalized spacial score (nSPS) is 14.0. The SMILES string of the molecule is CC[C@@H](NC(=O)OCC(C)C)C(=O)N[C@@H](C)C(=O)N[C@@H](CCCN/C(N)=N\[N+](=O)[O-])C(O)C(=O)NCCc1ccccc1. The largest absolute Gasteiger partial charge is 0.449 e. The molecular weight excluding hydrogens is 564 g/mol. The Morgan fingerprint density at radius 3 is 2.28 bits per heavy atom. The topological polar surface area (TPSA) is 239 Å². The highest BCUT2D eigenvalue weighted by molar-refractivity contribution is 5.91. The third-order valence-corrected chi connectivity index (χ3v) is 6.04. The molecule has 0 aromatic heterocycles. The molecule has 4 amide bonds. The summed E-state index contributed by atoms with van der Waals surface area (Å²) in [7, 11) is 0. The second-order valence-electron chi connectivity index (χ2n) is 10.2. The van der Waals surface area contributed by atoms with Crippen molar-refractivity contribution in [3.05, 3.63) is 46.0 Å². The zero-order valence-corrected chi connectivity index (χ0v) is 25.0. The van der Waals surface area contributed by atoms with Gasteiger partial charge in [0.15, 0.2) is 11.1 Å². The number of nitrogens with two attached hydrogens (primary N) is 1. The Morgan fingerprint density at radius 1 is 1.00 bits per heavy atom. The van der Waals surface area contributed by atoms with Gasteiger partial charge < -0.3 is 42.2 Å². The van der Waals surface area contributed by atoms with E-state index in [1.165, 1.54) is 6.92 Å². The molecular formula is C27H44N8O8. The van der Waals surface area contributed by atoms with Crippen LogP contribution in [0.4, 0.5) is 4.79 Å². The number of nitrogens with zero attached hydrogens (tertiary/aromatic N) is 2. The number of ether oxygens (including phenoxy) is 1. The molecule has 16 nitrogen and oxygen atoms in total. The highest BCUT2D eigenvalue weighted by Crippen LogP contribution is 2.06. The summed E-state index contributed by atoms with van der Waals surface area (Å²) in [6.45, 7) is 7.35. The molecule has 1 aromatic rings. The second-order valence-corrected chi connectivity index (χ2v) is 10.2. The minimum absolute atomic E-state index is 0.0687. The Labute approximate surface area is 250 Å². The summed E-state index contributed by atoms with van der Waals surface area (Å²) in [5.41, 5.74) is 6.39. The quantitative estimate of drug-likeness (QED) is 0.0378. The third kappa shape index (κ3) is 15.4. The number of carbonyl (C=O) groups is 4. The molecule has 0 bridgehead atoms. The van der Waals surface area contributed by atoms with E-state index >= 15 is 0 Å². The molecule has 0 aliphatic heterocycles. The first-order chi connectivity index (χ1) is 20.3. The lowest BCUT2D eigenvalue weighted by Gasteiger charge is -2.26. The summed E-state index contributed by atoms with van der Waals surface area (Å²) in [5.74, 6) is -2.33. The minimum atomic E-state index is -1.65. The van der Waals surface area contributed by atoms with Crippen molar-refractivity contribution in [3.8, 4) is 0 Å². The predicted octanol–water partition coefficient (Wildman–Crippen LogP) is -0.267. The lowest BCUT2D eigenvalue weighted by atomic mass is 10.0. The van der Waals surface area contributed by atoms with Crippen molar-refractivity contribution < 1.29 is 34.1 Å². The number of nitro groups is 1.